The number of ketones is 1. The lowest BCUT2D eigenvalue weighted by molar-refractivity contribution is -0.144. The van der Waals surface area contributed by atoms with Crippen LogP contribution < -0.4 is 0 Å². The molecule has 1 fully saturated rings. The van der Waals surface area contributed by atoms with Gasteiger partial charge in [-0.15, -0.1) is 0 Å². The minimum absolute atomic E-state index is 0.00416. The van der Waals surface area contributed by atoms with Gasteiger partial charge in [-0.3, -0.25) is 14.6 Å². The van der Waals surface area contributed by atoms with Crippen LogP contribution in [0.15, 0.2) is 34.8 Å². The number of rotatable bonds is 3. The summed E-state index contributed by atoms with van der Waals surface area (Å²) in [6.07, 6.45) is -1.09. The number of carbonyl (C=O) groups is 2. The molecule has 1 amide bonds. The van der Waals surface area contributed by atoms with E-state index in [9.17, 15) is 27.2 Å². The van der Waals surface area contributed by atoms with Gasteiger partial charge in [0.15, 0.2) is 5.78 Å². The van der Waals surface area contributed by atoms with Crippen molar-refractivity contribution in [1.29, 1.82) is 0 Å². The summed E-state index contributed by atoms with van der Waals surface area (Å²) in [6.45, 7) is 4.48. The van der Waals surface area contributed by atoms with Crippen LogP contribution in [0.4, 0.5) is 17.6 Å². The lowest BCUT2D eigenvalue weighted by atomic mass is 9.61. The first-order chi connectivity index (χ1) is 13.4. The van der Waals surface area contributed by atoms with Crippen LogP contribution in [0.1, 0.15) is 31.4 Å². The van der Waals surface area contributed by atoms with E-state index in [1.165, 1.54) is 12.3 Å². The quantitative estimate of drug-likeness (QED) is 0.562. The van der Waals surface area contributed by atoms with E-state index >= 15 is 0 Å². The molecule has 1 aliphatic carbocycles. The summed E-state index contributed by atoms with van der Waals surface area (Å²) in [5.41, 5.74) is -1.67. The highest BCUT2D eigenvalue weighted by Gasteiger charge is 2.51. The van der Waals surface area contributed by atoms with E-state index in [4.69, 9.17) is 0 Å². The molecule has 0 radical (unpaired) electrons. The Hall–Kier alpha value is -2.51. The maximum absolute atomic E-state index is 13.4. The molecule has 3 rings (SSSR count). The molecule has 1 aromatic rings. The monoisotopic (exact) mass is 410 g/mol. The summed E-state index contributed by atoms with van der Waals surface area (Å²) in [5, 5.41) is 0. The van der Waals surface area contributed by atoms with Gasteiger partial charge in [-0.05, 0) is 24.1 Å². The number of hydrogen-bond donors (Lipinski definition) is 0. The second kappa shape index (κ2) is 7.07. The largest absolute Gasteiger partial charge is 0.419 e. The number of hydrogen-bond acceptors (Lipinski definition) is 3. The molecular weight excluding hydrogens is 388 g/mol. The number of aliphatic imine (C=N–C) groups is 1. The Morgan fingerprint density at radius 1 is 1.28 bits per heavy atom. The van der Waals surface area contributed by atoms with Gasteiger partial charge >= 0.3 is 6.18 Å². The van der Waals surface area contributed by atoms with Gasteiger partial charge in [0.25, 0.3) is 0 Å². The van der Waals surface area contributed by atoms with E-state index < -0.39 is 23.0 Å². The maximum Gasteiger partial charge on any atom is 0.419 e. The van der Waals surface area contributed by atoms with Crippen LogP contribution in [0.5, 0.6) is 0 Å². The fourth-order valence-electron chi connectivity index (χ4n) is 4.31. The number of Topliss-reactive ketones (excluding diaryl/α,β-unsaturated/α-hetero) is 1. The standard InChI is InChI=1S/C21H22F4N2O2/c1-19(2)10-20(8-14(9-26-3)18(19)29)11-27(12-20)17(28)7-13-4-5-16(22)15(6-13)21(23,24)25/h4-6,8-9H,7,10-12H2,1-3H3. The fraction of sp³-hybridized carbons (Fsp3) is 0.476. The van der Waals surface area contributed by atoms with Crippen molar-refractivity contribution in [3.05, 3.63) is 46.8 Å². The van der Waals surface area contributed by atoms with E-state index in [1.807, 2.05) is 19.9 Å². The van der Waals surface area contributed by atoms with Gasteiger partial charge in [0.2, 0.25) is 5.91 Å². The molecule has 1 spiro atoms. The Kier molecular flexibility index (Phi) is 5.17. The van der Waals surface area contributed by atoms with Gasteiger partial charge in [0.1, 0.15) is 5.82 Å². The summed E-state index contributed by atoms with van der Waals surface area (Å²) in [5.74, 6) is -1.69. The van der Waals surface area contributed by atoms with E-state index in [1.54, 1.807) is 11.9 Å². The molecule has 1 aliphatic heterocycles. The van der Waals surface area contributed by atoms with Gasteiger partial charge in [0.05, 0.1) is 12.0 Å². The lowest BCUT2D eigenvalue weighted by Crippen LogP contribution is -2.61. The molecule has 1 saturated heterocycles. The topological polar surface area (TPSA) is 49.7 Å². The SMILES string of the molecule is CN=CC1=CC2(CN(C(=O)Cc3ccc(F)c(C(F)(F)F)c3)C2)CC(C)(C)C1=O. The average Bonchev–Trinajstić information content (AvgIpc) is 2.57. The molecule has 0 bridgehead atoms. The number of alkyl halides is 3. The first kappa shape index (κ1) is 21.2. The van der Waals surface area contributed by atoms with Crippen molar-refractivity contribution in [2.75, 3.05) is 20.1 Å². The fourth-order valence-corrected chi connectivity index (χ4v) is 4.31. The third-order valence-corrected chi connectivity index (χ3v) is 5.46. The molecule has 29 heavy (non-hydrogen) atoms. The van der Waals surface area contributed by atoms with E-state index in [0.717, 1.165) is 6.07 Å². The zero-order chi connectivity index (χ0) is 21.6. The Labute approximate surface area is 166 Å². The van der Waals surface area contributed by atoms with Crippen LogP contribution >= 0.6 is 0 Å². The normalized spacial score (nSPS) is 20.7. The van der Waals surface area contributed by atoms with E-state index in [2.05, 4.69) is 4.99 Å². The number of halogens is 4. The lowest BCUT2D eigenvalue weighted by Gasteiger charge is -2.53. The minimum atomic E-state index is -4.81. The summed E-state index contributed by atoms with van der Waals surface area (Å²) >= 11 is 0. The van der Waals surface area contributed by atoms with Crippen LogP contribution in [-0.4, -0.2) is 42.9 Å². The van der Waals surface area contributed by atoms with Crippen LogP contribution in [0.25, 0.3) is 0 Å². The first-order valence-corrected chi connectivity index (χ1v) is 9.20. The van der Waals surface area contributed by atoms with Crippen molar-refractivity contribution >= 4 is 17.9 Å². The van der Waals surface area contributed by atoms with Crippen LogP contribution in [0.3, 0.4) is 0 Å². The third-order valence-electron chi connectivity index (χ3n) is 5.46. The van der Waals surface area contributed by atoms with Crippen LogP contribution in [-0.2, 0) is 22.2 Å². The second-order valence-corrected chi connectivity index (χ2v) is 8.48. The zero-order valence-corrected chi connectivity index (χ0v) is 16.4. The van der Waals surface area contributed by atoms with Crippen molar-refractivity contribution < 1.29 is 27.2 Å². The third kappa shape index (κ3) is 4.11. The first-order valence-electron chi connectivity index (χ1n) is 9.20. The molecule has 0 unspecified atom stereocenters. The van der Waals surface area contributed by atoms with Gasteiger partial charge < -0.3 is 4.90 Å². The highest BCUT2D eigenvalue weighted by atomic mass is 19.4. The predicted octanol–water partition coefficient (Wildman–Crippen LogP) is 3.84. The molecule has 0 atom stereocenters. The highest BCUT2D eigenvalue weighted by molar-refractivity contribution is 6.16. The summed E-state index contributed by atoms with van der Waals surface area (Å²) in [6, 6.07) is 2.61. The number of nitrogens with zero attached hydrogens (tertiary/aromatic N) is 2. The molecule has 8 heteroatoms. The molecule has 0 N–H and O–H groups in total. The minimum Gasteiger partial charge on any atom is -0.341 e. The number of carbonyl (C=O) groups excluding carboxylic acids is 2. The second-order valence-electron chi connectivity index (χ2n) is 8.48. The molecular formula is C21H22F4N2O2. The van der Waals surface area contributed by atoms with Crippen molar-refractivity contribution in [1.82, 2.24) is 4.90 Å². The Morgan fingerprint density at radius 2 is 1.93 bits per heavy atom. The Bertz CT molecular complexity index is 910. The van der Waals surface area contributed by atoms with E-state index in [-0.39, 0.29) is 29.1 Å². The van der Waals surface area contributed by atoms with Crippen molar-refractivity contribution in [2.24, 2.45) is 15.8 Å². The van der Waals surface area contributed by atoms with Gasteiger partial charge in [-0.1, -0.05) is 26.0 Å². The molecule has 1 heterocycles. The molecule has 4 nitrogen and oxygen atoms in total. The van der Waals surface area contributed by atoms with Gasteiger partial charge in [-0.2, -0.15) is 13.2 Å². The summed E-state index contributed by atoms with van der Waals surface area (Å²) < 4.78 is 52.0. The summed E-state index contributed by atoms with van der Waals surface area (Å²) in [7, 11) is 1.58. The number of amides is 1. The molecule has 0 aromatic heterocycles. The number of benzene rings is 1. The van der Waals surface area contributed by atoms with Crippen molar-refractivity contribution in [3.63, 3.8) is 0 Å². The smallest absolute Gasteiger partial charge is 0.341 e. The molecule has 2 aliphatic rings. The van der Waals surface area contributed by atoms with E-state index in [0.29, 0.717) is 31.1 Å². The van der Waals surface area contributed by atoms with Crippen molar-refractivity contribution in [3.8, 4) is 0 Å². The summed E-state index contributed by atoms with van der Waals surface area (Å²) in [4.78, 5) is 30.5. The Morgan fingerprint density at radius 3 is 2.52 bits per heavy atom. The average molecular weight is 410 g/mol. The zero-order valence-electron chi connectivity index (χ0n) is 16.4. The van der Waals surface area contributed by atoms with Crippen LogP contribution in [0, 0.1) is 16.6 Å². The maximum atomic E-state index is 13.4. The molecule has 0 saturated carbocycles. The molecule has 156 valence electrons. The molecule has 1 aromatic carbocycles. The van der Waals surface area contributed by atoms with Crippen molar-refractivity contribution in [2.45, 2.75) is 32.9 Å². The Balaban J connectivity index is 1.73. The van der Waals surface area contributed by atoms with Gasteiger partial charge in [-0.25, -0.2) is 4.39 Å². The van der Waals surface area contributed by atoms with Crippen LogP contribution in [0.2, 0.25) is 0 Å². The predicted molar refractivity (Wildman–Crippen MR) is 100 cm³/mol. The van der Waals surface area contributed by atoms with Gasteiger partial charge in [0, 0.05) is 42.8 Å². The highest BCUT2D eigenvalue weighted by Crippen LogP contribution is 2.48. The number of allylic oxidation sites excluding steroid dienone is 1. The number of likely N-dealkylation sites (tertiary alicyclic amines) is 1.